The van der Waals surface area contributed by atoms with Crippen molar-refractivity contribution in [2.75, 3.05) is 7.05 Å². The van der Waals surface area contributed by atoms with Crippen LogP contribution in [0.1, 0.15) is 6.92 Å². The molecule has 0 fully saturated rings. The maximum atomic E-state index is 3.81. The Hall–Kier alpha value is -0.850. The van der Waals surface area contributed by atoms with Crippen molar-refractivity contribution in [3.63, 3.8) is 0 Å². The van der Waals surface area contributed by atoms with E-state index in [-0.39, 0.29) is 0 Å². The minimum absolute atomic E-state index is 1.13. The molecule has 0 aromatic rings. The first-order valence-corrected chi connectivity index (χ1v) is 2.52. The molecule has 0 rings (SSSR count). The van der Waals surface area contributed by atoms with E-state index >= 15 is 0 Å². The number of nitrogens with zero attached hydrogens (tertiary/aromatic N) is 1. The number of aliphatic imine (C=N–C) groups is 1. The van der Waals surface area contributed by atoms with E-state index in [1.54, 1.807) is 19.3 Å². The lowest BCUT2D eigenvalue weighted by atomic mass is 10.3. The van der Waals surface area contributed by atoms with Crippen molar-refractivity contribution in [1.29, 1.82) is 0 Å². The van der Waals surface area contributed by atoms with E-state index in [1.807, 2.05) is 13.0 Å². The highest BCUT2D eigenvalue weighted by Crippen LogP contribution is 1.85. The van der Waals surface area contributed by atoms with Crippen LogP contribution in [0.3, 0.4) is 0 Å². The molecular weight excluding hydrogens is 98.1 g/mol. The summed E-state index contributed by atoms with van der Waals surface area (Å²) in [6, 6.07) is 0. The fourth-order valence-corrected chi connectivity index (χ4v) is 0.433. The summed E-state index contributed by atoms with van der Waals surface area (Å²) in [5, 5.41) is 0. The summed E-state index contributed by atoms with van der Waals surface area (Å²) in [7, 11) is 1.75. The second-order valence-electron chi connectivity index (χ2n) is 1.53. The SMILES string of the molecule is C=C/C=C(C)/C=N\C. The van der Waals surface area contributed by atoms with Crippen molar-refractivity contribution >= 4 is 6.21 Å². The van der Waals surface area contributed by atoms with Crippen LogP contribution in [0.5, 0.6) is 0 Å². The molecule has 8 heavy (non-hydrogen) atoms. The summed E-state index contributed by atoms with van der Waals surface area (Å²) in [6.07, 6.45) is 5.45. The molecule has 0 saturated carbocycles. The molecular formula is C7H11N. The standard InChI is InChI=1S/C7H11N/c1-4-5-7(2)6-8-3/h4-6H,1H2,2-3H3/b7-5+,8-6-. The summed E-state index contributed by atoms with van der Waals surface area (Å²) in [5.74, 6) is 0. The fraction of sp³-hybridized carbons (Fsp3) is 0.286. The molecule has 0 N–H and O–H groups in total. The van der Waals surface area contributed by atoms with E-state index in [0.29, 0.717) is 0 Å². The fourth-order valence-electron chi connectivity index (χ4n) is 0.433. The van der Waals surface area contributed by atoms with Crippen molar-refractivity contribution in [2.24, 2.45) is 4.99 Å². The van der Waals surface area contributed by atoms with Gasteiger partial charge in [-0.2, -0.15) is 0 Å². The third-order valence-electron chi connectivity index (χ3n) is 0.713. The zero-order chi connectivity index (χ0) is 6.41. The van der Waals surface area contributed by atoms with E-state index in [0.717, 1.165) is 5.57 Å². The van der Waals surface area contributed by atoms with Crippen molar-refractivity contribution < 1.29 is 0 Å². The maximum Gasteiger partial charge on any atom is 0.0277 e. The lowest BCUT2D eigenvalue weighted by molar-refractivity contribution is 1.45. The van der Waals surface area contributed by atoms with Gasteiger partial charge < -0.3 is 0 Å². The number of hydrogen-bond acceptors (Lipinski definition) is 1. The third-order valence-corrected chi connectivity index (χ3v) is 0.713. The van der Waals surface area contributed by atoms with Gasteiger partial charge in [0, 0.05) is 13.3 Å². The summed E-state index contributed by atoms with van der Waals surface area (Å²) in [6.45, 7) is 5.53. The largest absolute Gasteiger partial charge is 0.296 e. The molecule has 0 aliphatic heterocycles. The molecule has 0 heterocycles. The summed E-state index contributed by atoms with van der Waals surface area (Å²) < 4.78 is 0. The first kappa shape index (κ1) is 7.15. The maximum absolute atomic E-state index is 3.81. The highest BCUT2D eigenvalue weighted by Gasteiger charge is 1.73. The Morgan fingerprint density at radius 2 is 2.25 bits per heavy atom. The average Bonchev–Trinajstić information content (AvgIpc) is 1.68. The van der Waals surface area contributed by atoms with Crippen LogP contribution in [-0.2, 0) is 0 Å². The van der Waals surface area contributed by atoms with Gasteiger partial charge in [-0.3, -0.25) is 4.99 Å². The van der Waals surface area contributed by atoms with Crippen LogP contribution in [0.4, 0.5) is 0 Å². The van der Waals surface area contributed by atoms with Crippen LogP contribution in [0, 0.1) is 0 Å². The summed E-state index contributed by atoms with van der Waals surface area (Å²) >= 11 is 0. The quantitative estimate of drug-likeness (QED) is 0.379. The zero-order valence-electron chi connectivity index (χ0n) is 5.39. The van der Waals surface area contributed by atoms with Gasteiger partial charge >= 0.3 is 0 Å². The van der Waals surface area contributed by atoms with Crippen LogP contribution in [0.2, 0.25) is 0 Å². The van der Waals surface area contributed by atoms with Gasteiger partial charge in [-0.25, -0.2) is 0 Å². The predicted molar refractivity (Wildman–Crippen MR) is 38.4 cm³/mol. The van der Waals surface area contributed by atoms with Crippen molar-refractivity contribution in [2.45, 2.75) is 6.92 Å². The molecule has 1 heteroatoms. The monoisotopic (exact) mass is 109 g/mol. The molecule has 0 radical (unpaired) electrons. The molecule has 0 amide bonds. The lowest BCUT2D eigenvalue weighted by Gasteiger charge is -1.81. The Morgan fingerprint density at radius 1 is 1.62 bits per heavy atom. The Kier molecular flexibility index (Phi) is 3.85. The topological polar surface area (TPSA) is 12.4 Å². The van der Waals surface area contributed by atoms with E-state index in [9.17, 15) is 0 Å². The molecule has 0 saturated heterocycles. The molecule has 0 aromatic heterocycles. The van der Waals surface area contributed by atoms with Crippen molar-refractivity contribution in [3.8, 4) is 0 Å². The Labute approximate surface area is 50.4 Å². The minimum atomic E-state index is 1.13. The summed E-state index contributed by atoms with van der Waals surface area (Å²) in [5.41, 5.74) is 1.13. The second-order valence-corrected chi connectivity index (χ2v) is 1.53. The summed E-state index contributed by atoms with van der Waals surface area (Å²) in [4.78, 5) is 3.81. The van der Waals surface area contributed by atoms with E-state index < -0.39 is 0 Å². The molecule has 0 bridgehead atoms. The normalized spacial score (nSPS) is 12.5. The lowest BCUT2D eigenvalue weighted by Crippen LogP contribution is -1.73. The molecule has 0 aliphatic carbocycles. The van der Waals surface area contributed by atoms with Gasteiger partial charge in [0.1, 0.15) is 0 Å². The van der Waals surface area contributed by atoms with Gasteiger partial charge in [0.15, 0.2) is 0 Å². The van der Waals surface area contributed by atoms with Gasteiger partial charge in [-0.15, -0.1) is 0 Å². The van der Waals surface area contributed by atoms with Crippen LogP contribution >= 0.6 is 0 Å². The smallest absolute Gasteiger partial charge is 0.0277 e. The predicted octanol–water partition coefficient (Wildman–Crippen LogP) is 1.82. The van der Waals surface area contributed by atoms with Crippen molar-refractivity contribution in [1.82, 2.24) is 0 Å². The van der Waals surface area contributed by atoms with Gasteiger partial charge in [-0.05, 0) is 12.5 Å². The molecule has 0 atom stereocenters. The Morgan fingerprint density at radius 3 is 2.62 bits per heavy atom. The molecule has 0 aromatic carbocycles. The second kappa shape index (κ2) is 4.31. The zero-order valence-corrected chi connectivity index (χ0v) is 5.39. The highest BCUT2D eigenvalue weighted by atomic mass is 14.6. The van der Waals surface area contributed by atoms with Gasteiger partial charge in [-0.1, -0.05) is 18.7 Å². The van der Waals surface area contributed by atoms with Crippen LogP contribution < -0.4 is 0 Å². The molecule has 0 unspecified atom stereocenters. The van der Waals surface area contributed by atoms with Crippen LogP contribution in [-0.4, -0.2) is 13.3 Å². The first-order chi connectivity index (χ1) is 3.81. The third kappa shape index (κ3) is 3.34. The van der Waals surface area contributed by atoms with Crippen LogP contribution in [0.25, 0.3) is 0 Å². The molecule has 1 nitrogen and oxygen atoms in total. The Balaban J connectivity index is 3.79. The number of hydrogen-bond donors (Lipinski definition) is 0. The molecule has 44 valence electrons. The molecule has 0 spiro atoms. The van der Waals surface area contributed by atoms with Crippen LogP contribution in [0.15, 0.2) is 29.3 Å². The van der Waals surface area contributed by atoms with Gasteiger partial charge in [0.05, 0.1) is 0 Å². The highest BCUT2D eigenvalue weighted by molar-refractivity contribution is 5.77. The van der Waals surface area contributed by atoms with Gasteiger partial charge in [0.25, 0.3) is 0 Å². The number of allylic oxidation sites excluding steroid dienone is 3. The minimum Gasteiger partial charge on any atom is -0.296 e. The Bertz CT molecular complexity index is 120. The van der Waals surface area contributed by atoms with E-state index in [2.05, 4.69) is 11.6 Å². The first-order valence-electron chi connectivity index (χ1n) is 2.52. The van der Waals surface area contributed by atoms with Gasteiger partial charge in [0.2, 0.25) is 0 Å². The van der Waals surface area contributed by atoms with E-state index in [1.165, 1.54) is 0 Å². The number of rotatable bonds is 2. The van der Waals surface area contributed by atoms with Crippen molar-refractivity contribution in [3.05, 3.63) is 24.3 Å². The average molecular weight is 109 g/mol. The van der Waals surface area contributed by atoms with E-state index in [4.69, 9.17) is 0 Å². The molecule has 0 aliphatic rings.